The van der Waals surface area contributed by atoms with Crippen LogP contribution in [-0.4, -0.2) is 74.6 Å². The summed E-state index contributed by atoms with van der Waals surface area (Å²) >= 11 is 0. The molecule has 1 saturated carbocycles. The van der Waals surface area contributed by atoms with Crippen LogP contribution in [0.25, 0.3) is 0 Å². The fourth-order valence-electron chi connectivity index (χ4n) is 3.58. The van der Waals surface area contributed by atoms with Gasteiger partial charge in [-0.25, -0.2) is 0 Å². The lowest BCUT2D eigenvalue weighted by Gasteiger charge is -2.36. The van der Waals surface area contributed by atoms with Gasteiger partial charge in [0, 0.05) is 38.7 Å². The van der Waals surface area contributed by atoms with Crippen LogP contribution in [0, 0.1) is 5.92 Å². The van der Waals surface area contributed by atoms with Crippen molar-refractivity contribution in [1.29, 1.82) is 0 Å². The second-order valence-corrected chi connectivity index (χ2v) is 6.78. The SMILES string of the molecule is COCCN1C[C@@H](C(=O)NCC2(N(C)C)CCCC2)CC1=O. The van der Waals surface area contributed by atoms with Crippen molar-refractivity contribution in [2.24, 2.45) is 5.92 Å². The van der Waals surface area contributed by atoms with E-state index in [1.54, 1.807) is 12.0 Å². The molecule has 0 unspecified atom stereocenters. The van der Waals surface area contributed by atoms with E-state index in [-0.39, 0.29) is 23.3 Å². The second kappa shape index (κ2) is 7.42. The zero-order valence-electron chi connectivity index (χ0n) is 14.1. The molecule has 2 amide bonds. The molecule has 0 radical (unpaired) electrons. The molecule has 0 spiro atoms. The number of carbonyl (C=O) groups is 2. The standard InChI is InChI=1S/C16H29N3O3/c1-18(2)16(6-4-5-7-16)12-17-15(21)13-10-14(20)19(11-13)8-9-22-3/h13H,4-12H2,1-3H3,(H,17,21)/t13-/m0/s1. The van der Waals surface area contributed by atoms with Gasteiger partial charge in [0.2, 0.25) is 11.8 Å². The highest BCUT2D eigenvalue weighted by Gasteiger charge is 2.38. The summed E-state index contributed by atoms with van der Waals surface area (Å²) in [4.78, 5) is 28.3. The number of likely N-dealkylation sites (N-methyl/N-ethyl adjacent to an activating group) is 1. The summed E-state index contributed by atoms with van der Waals surface area (Å²) in [7, 11) is 5.79. The van der Waals surface area contributed by atoms with Gasteiger partial charge >= 0.3 is 0 Å². The first kappa shape index (κ1) is 17.2. The van der Waals surface area contributed by atoms with Crippen molar-refractivity contribution in [2.75, 3.05) is 47.4 Å². The first-order valence-electron chi connectivity index (χ1n) is 8.20. The number of methoxy groups -OCH3 is 1. The van der Waals surface area contributed by atoms with Crippen LogP contribution in [0.1, 0.15) is 32.1 Å². The third-order valence-electron chi connectivity index (χ3n) is 5.23. The van der Waals surface area contributed by atoms with E-state index in [1.807, 2.05) is 0 Å². The zero-order valence-corrected chi connectivity index (χ0v) is 14.1. The van der Waals surface area contributed by atoms with Gasteiger partial charge < -0.3 is 19.9 Å². The topological polar surface area (TPSA) is 61.9 Å². The Kier molecular flexibility index (Phi) is 5.81. The zero-order chi connectivity index (χ0) is 16.2. The molecule has 2 fully saturated rings. The van der Waals surface area contributed by atoms with Gasteiger partial charge in [0.05, 0.1) is 12.5 Å². The monoisotopic (exact) mass is 311 g/mol. The summed E-state index contributed by atoms with van der Waals surface area (Å²) in [6.45, 7) is 2.29. The number of nitrogens with zero attached hydrogens (tertiary/aromatic N) is 2. The lowest BCUT2D eigenvalue weighted by Crippen LogP contribution is -2.51. The third kappa shape index (κ3) is 3.79. The van der Waals surface area contributed by atoms with Crippen molar-refractivity contribution in [3.63, 3.8) is 0 Å². The Balaban J connectivity index is 1.84. The van der Waals surface area contributed by atoms with E-state index in [0.717, 1.165) is 12.8 Å². The van der Waals surface area contributed by atoms with Crippen molar-refractivity contribution in [1.82, 2.24) is 15.1 Å². The molecule has 1 atom stereocenters. The Morgan fingerprint density at radius 3 is 2.68 bits per heavy atom. The summed E-state index contributed by atoms with van der Waals surface area (Å²) in [6.07, 6.45) is 5.03. The van der Waals surface area contributed by atoms with Gasteiger partial charge in [-0.05, 0) is 26.9 Å². The van der Waals surface area contributed by atoms with Crippen molar-refractivity contribution < 1.29 is 14.3 Å². The number of nitrogens with one attached hydrogen (secondary N) is 1. The first-order valence-corrected chi connectivity index (χ1v) is 8.20. The van der Waals surface area contributed by atoms with Gasteiger partial charge in [0.15, 0.2) is 0 Å². The Morgan fingerprint density at radius 2 is 2.09 bits per heavy atom. The molecule has 22 heavy (non-hydrogen) atoms. The van der Waals surface area contributed by atoms with Gasteiger partial charge in [0.1, 0.15) is 0 Å². The van der Waals surface area contributed by atoms with E-state index in [9.17, 15) is 9.59 Å². The fourth-order valence-corrected chi connectivity index (χ4v) is 3.58. The maximum absolute atomic E-state index is 12.4. The Bertz CT molecular complexity index is 405. The largest absolute Gasteiger partial charge is 0.383 e. The van der Waals surface area contributed by atoms with Crippen LogP contribution in [0.5, 0.6) is 0 Å². The van der Waals surface area contributed by atoms with Crippen LogP contribution in [0.2, 0.25) is 0 Å². The second-order valence-electron chi connectivity index (χ2n) is 6.78. The molecular formula is C16H29N3O3. The van der Waals surface area contributed by atoms with Crippen molar-refractivity contribution >= 4 is 11.8 Å². The van der Waals surface area contributed by atoms with Crippen molar-refractivity contribution in [3.8, 4) is 0 Å². The summed E-state index contributed by atoms with van der Waals surface area (Å²) in [5.41, 5.74) is 0.0913. The highest BCUT2D eigenvalue weighted by Crippen LogP contribution is 2.33. The average Bonchev–Trinajstić information content (AvgIpc) is 3.10. The molecule has 0 aromatic rings. The number of hydrogen-bond donors (Lipinski definition) is 1. The molecule has 1 N–H and O–H groups in total. The Morgan fingerprint density at radius 1 is 1.41 bits per heavy atom. The molecule has 6 nitrogen and oxygen atoms in total. The fraction of sp³-hybridized carbons (Fsp3) is 0.875. The first-order chi connectivity index (χ1) is 10.5. The summed E-state index contributed by atoms with van der Waals surface area (Å²) in [5, 5.41) is 3.10. The number of rotatable bonds is 7. The molecule has 2 rings (SSSR count). The summed E-state index contributed by atoms with van der Waals surface area (Å²) < 4.78 is 5.00. The lowest BCUT2D eigenvalue weighted by molar-refractivity contribution is -0.129. The molecule has 0 bridgehead atoms. The van der Waals surface area contributed by atoms with Gasteiger partial charge in [-0.3, -0.25) is 9.59 Å². The number of likely N-dealkylation sites (tertiary alicyclic amines) is 1. The van der Waals surface area contributed by atoms with Crippen LogP contribution in [0.3, 0.4) is 0 Å². The molecule has 0 aromatic carbocycles. The average molecular weight is 311 g/mol. The number of ether oxygens (including phenoxy) is 1. The molecule has 1 aliphatic carbocycles. The quantitative estimate of drug-likeness (QED) is 0.742. The van der Waals surface area contributed by atoms with E-state index in [1.165, 1.54) is 12.8 Å². The maximum Gasteiger partial charge on any atom is 0.225 e. The number of amides is 2. The van der Waals surface area contributed by atoms with E-state index in [0.29, 0.717) is 32.7 Å². The highest BCUT2D eigenvalue weighted by molar-refractivity contribution is 5.89. The van der Waals surface area contributed by atoms with E-state index in [2.05, 4.69) is 24.3 Å². The van der Waals surface area contributed by atoms with E-state index < -0.39 is 0 Å². The Labute approximate surface area is 133 Å². The minimum absolute atomic E-state index is 0.0152. The lowest BCUT2D eigenvalue weighted by atomic mass is 9.95. The number of hydrogen-bond acceptors (Lipinski definition) is 4. The van der Waals surface area contributed by atoms with Crippen LogP contribution in [0.15, 0.2) is 0 Å². The molecule has 0 aromatic heterocycles. The third-order valence-corrected chi connectivity index (χ3v) is 5.23. The summed E-state index contributed by atoms with van der Waals surface area (Å²) in [6, 6.07) is 0. The molecule has 6 heteroatoms. The summed E-state index contributed by atoms with van der Waals surface area (Å²) in [5.74, 6) is -0.147. The predicted molar refractivity (Wildman–Crippen MR) is 84.5 cm³/mol. The van der Waals surface area contributed by atoms with Gasteiger partial charge in [-0.1, -0.05) is 12.8 Å². The minimum Gasteiger partial charge on any atom is -0.383 e. The molecule has 126 valence electrons. The highest BCUT2D eigenvalue weighted by atomic mass is 16.5. The minimum atomic E-state index is -0.218. The molecule has 1 heterocycles. The maximum atomic E-state index is 12.4. The van der Waals surface area contributed by atoms with Crippen LogP contribution in [0.4, 0.5) is 0 Å². The van der Waals surface area contributed by atoms with Gasteiger partial charge in [0.25, 0.3) is 0 Å². The predicted octanol–water partition coefficient (Wildman–Crippen LogP) is 0.472. The Hall–Kier alpha value is -1.14. The van der Waals surface area contributed by atoms with Crippen molar-refractivity contribution in [2.45, 2.75) is 37.6 Å². The number of carbonyl (C=O) groups excluding carboxylic acids is 2. The van der Waals surface area contributed by atoms with Crippen LogP contribution < -0.4 is 5.32 Å². The van der Waals surface area contributed by atoms with Crippen LogP contribution >= 0.6 is 0 Å². The van der Waals surface area contributed by atoms with Gasteiger partial charge in [-0.2, -0.15) is 0 Å². The van der Waals surface area contributed by atoms with Crippen LogP contribution in [-0.2, 0) is 14.3 Å². The van der Waals surface area contributed by atoms with Crippen molar-refractivity contribution in [3.05, 3.63) is 0 Å². The molecule has 2 aliphatic rings. The smallest absolute Gasteiger partial charge is 0.225 e. The molecule has 1 aliphatic heterocycles. The van der Waals surface area contributed by atoms with Gasteiger partial charge in [-0.15, -0.1) is 0 Å². The van der Waals surface area contributed by atoms with E-state index in [4.69, 9.17) is 4.74 Å². The van der Waals surface area contributed by atoms with E-state index >= 15 is 0 Å². The molecular weight excluding hydrogens is 282 g/mol. The molecule has 1 saturated heterocycles. The normalized spacial score (nSPS) is 24.3.